The van der Waals surface area contributed by atoms with Gasteiger partial charge in [0.05, 0.1) is 38.0 Å². The van der Waals surface area contributed by atoms with Crippen molar-refractivity contribution < 1.29 is 23.7 Å². The third-order valence-electron chi connectivity index (χ3n) is 5.53. The lowest BCUT2D eigenvalue weighted by Gasteiger charge is -2.14. The van der Waals surface area contributed by atoms with Crippen LogP contribution in [0.4, 0.5) is 5.69 Å². The van der Waals surface area contributed by atoms with Crippen LogP contribution in [0.1, 0.15) is 11.1 Å². The Kier molecular flexibility index (Phi) is 9.11. The van der Waals surface area contributed by atoms with E-state index in [1.165, 1.54) is 11.8 Å². The number of carbonyl (C=O) groups excluding carboxylic acids is 1. The fourth-order valence-corrected chi connectivity index (χ4v) is 4.77. The highest BCUT2D eigenvalue weighted by Crippen LogP contribution is 2.36. The Morgan fingerprint density at radius 1 is 0.973 bits per heavy atom. The van der Waals surface area contributed by atoms with Crippen LogP contribution in [0.5, 0.6) is 17.2 Å². The Balaban J connectivity index is 1.56. The topological polar surface area (TPSA) is 69.6 Å². The van der Waals surface area contributed by atoms with Crippen LogP contribution in [0.25, 0.3) is 6.08 Å². The van der Waals surface area contributed by atoms with Crippen LogP contribution in [0.2, 0.25) is 5.02 Å². The third-order valence-corrected chi connectivity index (χ3v) is 6.91. The highest BCUT2D eigenvalue weighted by molar-refractivity contribution is 8.18. The van der Waals surface area contributed by atoms with Crippen molar-refractivity contribution in [3.63, 3.8) is 0 Å². The molecule has 1 aliphatic rings. The van der Waals surface area contributed by atoms with Gasteiger partial charge in [-0.1, -0.05) is 35.9 Å². The van der Waals surface area contributed by atoms with Gasteiger partial charge in [0.1, 0.15) is 12.4 Å². The van der Waals surface area contributed by atoms with Gasteiger partial charge in [-0.2, -0.15) is 0 Å². The molecule has 9 heteroatoms. The molecule has 1 heterocycles. The van der Waals surface area contributed by atoms with Gasteiger partial charge in [-0.15, -0.1) is 0 Å². The van der Waals surface area contributed by atoms with Crippen LogP contribution < -0.4 is 14.2 Å². The Morgan fingerprint density at radius 2 is 1.76 bits per heavy atom. The summed E-state index contributed by atoms with van der Waals surface area (Å²) in [5, 5.41) is 1.23. The second-order valence-corrected chi connectivity index (χ2v) is 9.36. The number of benzene rings is 3. The molecule has 1 fully saturated rings. The monoisotopic (exact) mass is 538 g/mol. The minimum atomic E-state index is -0.132. The summed E-state index contributed by atoms with van der Waals surface area (Å²) in [6.45, 7) is 1.10. The summed E-state index contributed by atoms with van der Waals surface area (Å²) in [6.07, 6.45) is 1.82. The van der Waals surface area contributed by atoms with Gasteiger partial charge in [0.15, 0.2) is 16.7 Å². The minimum absolute atomic E-state index is 0.132. The zero-order valence-corrected chi connectivity index (χ0v) is 22.3. The molecule has 1 saturated heterocycles. The lowest BCUT2D eigenvalue weighted by atomic mass is 10.1. The molecule has 1 aliphatic heterocycles. The molecule has 0 unspecified atom stereocenters. The number of nitrogens with zero attached hydrogens (tertiary/aromatic N) is 2. The van der Waals surface area contributed by atoms with Gasteiger partial charge in [0.2, 0.25) is 0 Å². The Hall–Kier alpha value is -3.46. The summed E-state index contributed by atoms with van der Waals surface area (Å²) in [6, 6.07) is 20.4. The Labute approximate surface area is 225 Å². The number of hydrogen-bond acceptors (Lipinski definition) is 7. The number of thioether (sulfide) groups is 1. The summed E-state index contributed by atoms with van der Waals surface area (Å²) in [4.78, 5) is 20.1. The number of amides is 1. The van der Waals surface area contributed by atoms with Crippen molar-refractivity contribution in [3.8, 4) is 17.2 Å². The van der Waals surface area contributed by atoms with Crippen LogP contribution in [0, 0.1) is 0 Å². The molecule has 3 aromatic rings. The molecule has 0 radical (unpaired) electrons. The van der Waals surface area contributed by atoms with E-state index >= 15 is 0 Å². The number of carbonyl (C=O) groups is 1. The molecule has 0 N–H and O–H groups in total. The largest absolute Gasteiger partial charge is 0.497 e. The van der Waals surface area contributed by atoms with Crippen LogP contribution >= 0.6 is 23.4 Å². The number of methoxy groups -OCH3 is 3. The van der Waals surface area contributed by atoms with Crippen molar-refractivity contribution in [2.75, 3.05) is 34.5 Å². The van der Waals surface area contributed by atoms with Crippen LogP contribution in [-0.4, -0.2) is 50.5 Å². The molecule has 0 aromatic heterocycles. The zero-order chi connectivity index (χ0) is 26.2. The van der Waals surface area contributed by atoms with Gasteiger partial charge in [0, 0.05) is 17.7 Å². The first-order chi connectivity index (χ1) is 18.0. The van der Waals surface area contributed by atoms with E-state index < -0.39 is 0 Å². The Morgan fingerprint density at radius 3 is 2.46 bits per heavy atom. The fourth-order valence-electron chi connectivity index (χ4n) is 3.55. The average Bonchev–Trinajstić information content (AvgIpc) is 3.20. The van der Waals surface area contributed by atoms with Crippen molar-refractivity contribution in [2.45, 2.75) is 6.61 Å². The van der Waals surface area contributed by atoms with Gasteiger partial charge in [0.25, 0.3) is 5.91 Å². The van der Waals surface area contributed by atoms with Gasteiger partial charge >= 0.3 is 0 Å². The molecule has 1 amide bonds. The summed E-state index contributed by atoms with van der Waals surface area (Å²) in [7, 11) is 4.80. The molecule has 7 nitrogen and oxygen atoms in total. The number of halogens is 1. The lowest BCUT2D eigenvalue weighted by molar-refractivity contribution is -0.122. The molecule has 0 spiro atoms. The maximum atomic E-state index is 13.2. The molecular formula is C28H27ClN2O5S. The molecule has 0 atom stereocenters. The predicted molar refractivity (Wildman–Crippen MR) is 148 cm³/mol. The number of hydrogen-bond donors (Lipinski definition) is 0. The van der Waals surface area contributed by atoms with Crippen molar-refractivity contribution in [1.82, 2.24) is 4.90 Å². The summed E-state index contributed by atoms with van der Waals surface area (Å²) in [5.41, 5.74) is 2.40. The van der Waals surface area contributed by atoms with Crippen LogP contribution in [-0.2, 0) is 16.1 Å². The second-order valence-electron chi connectivity index (χ2n) is 7.94. The maximum Gasteiger partial charge on any atom is 0.266 e. The quantitative estimate of drug-likeness (QED) is 0.287. The number of ether oxygens (including phenoxy) is 4. The average molecular weight is 539 g/mol. The van der Waals surface area contributed by atoms with E-state index in [0.717, 1.165) is 22.6 Å². The normalized spacial score (nSPS) is 15.5. The first kappa shape index (κ1) is 26.6. The molecular weight excluding hydrogens is 512 g/mol. The molecule has 3 aromatic carbocycles. The number of rotatable bonds is 10. The Bertz CT molecular complexity index is 1310. The SMILES string of the molecule is COCCN1C(=O)/C(=C/c2ccc(OCc3ccccc3Cl)c(OC)c2)SC1=Nc1ccc(OC)cc1. The summed E-state index contributed by atoms with van der Waals surface area (Å²) < 4.78 is 21.9. The highest BCUT2D eigenvalue weighted by Gasteiger charge is 2.33. The molecule has 37 heavy (non-hydrogen) atoms. The van der Waals surface area contributed by atoms with E-state index in [4.69, 9.17) is 35.5 Å². The van der Waals surface area contributed by atoms with Crippen molar-refractivity contribution in [1.29, 1.82) is 0 Å². The van der Waals surface area contributed by atoms with Crippen molar-refractivity contribution in [2.24, 2.45) is 4.99 Å². The second kappa shape index (κ2) is 12.7. The number of aliphatic imine (C=N–C) groups is 1. The molecule has 192 valence electrons. The molecule has 0 bridgehead atoms. The van der Waals surface area contributed by atoms with E-state index in [2.05, 4.69) is 0 Å². The van der Waals surface area contributed by atoms with Gasteiger partial charge in [-0.25, -0.2) is 4.99 Å². The van der Waals surface area contributed by atoms with E-state index in [1.54, 1.807) is 26.2 Å². The first-order valence-corrected chi connectivity index (χ1v) is 12.7. The minimum Gasteiger partial charge on any atom is -0.497 e. The zero-order valence-electron chi connectivity index (χ0n) is 20.8. The lowest BCUT2D eigenvalue weighted by Crippen LogP contribution is -2.32. The van der Waals surface area contributed by atoms with E-state index in [9.17, 15) is 4.79 Å². The third kappa shape index (κ3) is 6.65. The van der Waals surface area contributed by atoms with Crippen molar-refractivity contribution in [3.05, 3.63) is 87.8 Å². The van der Waals surface area contributed by atoms with Crippen LogP contribution in [0.3, 0.4) is 0 Å². The molecule has 0 aliphatic carbocycles. The smallest absolute Gasteiger partial charge is 0.266 e. The summed E-state index contributed by atoms with van der Waals surface area (Å²) >= 11 is 7.56. The first-order valence-electron chi connectivity index (χ1n) is 11.5. The fraction of sp³-hybridized carbons (Fsp3) is 0.214. The van der Waals surface area contributed by atoms with E-state index in [-0.39, 0.29) is 5.91 Å². The highest BCUT2D eigenvalue weighted by atomic mass is 35.5. The standard InChI is InChI=1S/C28H27ClN2O5S/c1-33-15-14-31-27(32)26(37-28(31)30-21-9-11-22(34-2)12-10-21)17-19-8-13-24(25(16-19)35-3)36-18-20-6-4-5-7-23(20)29/h4-13,16-17H,14-15,18H2,1-3H3/b26-17-,30-28?. The van der Waals surface area contributed by atoms with E-state index in [1.807, 2.05) is 72.8 Å². The van der Waals surface area contributed by atoms with Gasteiger partial charge in [-0.05, 0) is 65.9 Å². The summed E-state index contributed by atoms with van der Waals surface area (Å²) in [5.74, 6) is 1.75. The van der Waals surface area contributed by atoms with E-state index in [0.29, 0.717) is 46.4 Å². The van der Waals surface area contributed by atoms with Crippen molar-refractivity contribution >= 4 is 46.2 Å². The van der Waals surface area contributed by atoms with Gasteiger partial charge in [-0.3, -0.25) is 9.69 Å². The predicted octanol–water partition coefficient (Wildman–Crippen LogP) is 6.19. The number of amidine groups is 1. The maximum absolute atomic E-state index is 13.2. The molecule has 4 rings (SSSR count). The van der Waals surface area contributed by atoms with Crippen LogP contribution in [0.15, 0.2) is 76.6 Å². The van der Waals surface area contributed by atoms with Gasteiger partial charge < -0.3 is 18.9 Å². The molecule has 0 saturated carbocycles.